The molecule has 0 bridgehead atoms. The van der Waals surface area contributed by atoms with Gasteiger partial charge in [0.15, 0.2) is 0 Å². The Balaban J connectivity index is 1.76. The number of aromatic nitrogens is 1. The highest BCUT2D eigenvalue weighted by atomic mass is 16.4. The topological polar surface area (TPSA) is 79.3 Å². The quantitative estimate of drug-likeness (QED) is 0.846. The van der Waals surface area contributed by atoms with Gasteiger partial charge in [-0.2, -0.15) is 0 Å². The van der Waals surface area contributed by atoms with Crippen molar-refractivity contribution >= 4 is 11.9 Å². The molecular weight excluding hydrogens is 268 g/mol. The Morgan fingerprint density at radius 3 is 2.29 bits per heavy atom. The minimum atomic E-state index is -0.938. The normalized spacial score (nSPS) is 10.1. The van der Waals surface area contributed by atoms with Gasteiger partial charge in [-0.1, -0.05) is 12.1 Å². The van der Waals surface area contributed by atoms with Gasteiger partial charge in [0.1, 0.15) is 0 Å². The standard InChI is InChI=1S/C16H16N2O3/c19-15(11-13-5-8-17-9-6-13)18-10-7-12-1-3-14(4-2-12)16(20)21/h1-6,8-9H,7,10-11H2,(H,18,19)(H,20,21). The lowest BCUT2D eigenvalue weighted by molar-refractivity contribution is -0.120. The summed E-state index contributed by atoms with van der Waals surface area (Å²) >= 11 is 0. The molecule has 0 atom stereocenters. The zero-order chi connectivity index (χ0) is 15.1. The van der Waals surface area contributed by atoms with E-state index in [-0.39, 0.29) is 11.5 Å². The Hall–Kier alpha value is -2.69. The first-order valence-electron chi connectivity index (χ1n) is 6.63. The number of carbonyl (C=O) groups is 2. The molecule has 2 N–H and O–H groups in total. The van der Waals surface area contributed by atoms with Gasteiger partial charge in [0.2, 0.25) is 5.91 Å². The number of pyridine rings is 1. The molecule has 1 heterocycles. The zero-order valence-corrected chi connectivity index (χ0v) is 11.5. The van der Waals surface area contributed by atoms with Crippen LogP contribution in [-0.4, -0.2) is 28.5 Å². The summed E-state index contributed by atoms with van der Waals surface area (Å²) in [6, 6.07) is 10.3. The molecule has 0 saturated heterocycles. The molecule has 0 fully saturated rings. The van der Waals surface area contributed by atoms with E-state index in [0.717, 1.165) is 11.1 Å². The molecule has 2 aromatic rings. The average molecular weight is 284 g/mol. The highest BCUT2D eigenvalue weighted by Gasteiger charge is 2.04. The van der Waals surface area contributed by atoms with Crippen LogP contribution in [0.3, 0.4) is 0 Å². The van der Waals surface area contributed by atoms with E-state index < -0.39 is 5.97 Å². The summed E-state index contributed by atoms with van der Waals surface area (Å²) < 4.78 is 0. The van der Waals surface area contributed by atoms with Crippen LogP contribution in [0.4, 0.5) is 0 Å². The fourth-order valence-corrected chi connectivity index (χ4v) is 1.91. The molecule has 2 rings (SSSR count). The minimum absolute atomic E-state index is 0.0386. The highest BCUT2D eigenvalue weighted by Crippen LogP contribution is 2.05. The maximum Gasteiger partial charge on any atom is 0.335 e. The first-order chi connectivity index (χ1) is 10.1. The van der Waals surface area contributed by atoms with Crippen LogP contribution >= 0.6 is 0 Å². The number of nitrogens with zero attached hydrogens (tertiary/aromatic N) is 1. The van der Waals surface area contributed by atoms with Gasteiger partial charge in [0.25, 0.3) is 0 Å². The maximum absolute atomic E-state index is 11.7. The van der Waals surface area contributed by atoms with E-state index in [4.69, 9.17) is 5.11 Å². The lowest BCUT2D eigenvalue weighted by atomic mass is 10.1. The van der Waals surface area contributed by atoms with Crippen LogP contribution in [0, 0.1) is 0 Å². The average Bonchev–Trinajstić information content (AvgIpc) is 2.49. The minimum Gasteiger partial charge on any atom is -0.478 e. The third kappa shape index (κ3) is 4.72. The predicted molar refractivity (Wildman–Crippen MR) is 78.1 cm³/mol. The second kappa shape index (κ2) is 7.19. The molecular formula is C16H16N2O3. The van der Waals surface area contributed by atoms with Crippen LogP contribution in [0.5, 0.6) is 0 Å². The Morgan fingerprint density at radius 2 is 1.67 bits per heavy atom. The van der Waals surface area contributed by atoms with Crippen LogP contribution in [0.25, 0.3) is 0 Å². The lowest BCUT2D eigenvalue weighted by Gasteiger charge is -2.06. The van der Waals surface area contributed by atoms with E-state index in [1.54, 1.807) is 36.7 Å². The van der Waals surface area contributed by atoms with Crippen molar-refractivity contribution in [1.82, 2.24) is 10.3 Å². The molecule has 1 amide bonds. The third-order valence-electron chi connectivity index (χ3n) is 3.05. The SMILES string of the molecule is O=C(Cc1ccncc1)NCCc1ccc(C(=O)O)cc1. The maximum atomic E-state index is 11.7. The second-order valence-electron chi connectivity index (χ2n) is 4.63. The van der Waals surface area contributed by atoms with E-state index >= 15 is 0 Å². The van der Waals surface area contributed by atoms with Crippen LogP contribution in [0.1, 0.15) is 21.5 Å². The molecule has 21 heavy (non-hydrogen) atoms. The monoisotopic (exact) mass is 284 g/mol. The van der Waals surface area contributed by atoms with Gasteiger partial charge >= 0.3 is 5.97 Å². The summed E-state index contributed by atoms with van der Waals surface area (Å²) in [5.41, 5.74) is 2.18. The fraction of sp³-hybridized carbons (Fsp3) is 0.188. The van der Waals surface area contributed by atoms with Crippen LogP contribution in [0.15, 0.2) is 48.8 Å². The molecule has 0 aliphatic rings. The van der Waals surface area contributed by atoms with Crippen molar-refractivity contribution < 1.29 is 14.7 Å². The summed E-state index contributed by atoms with van der Waals surface area (Å²) in [7, 11) is 0. The summed E-state index contributed by atoms with van der Waals surface area (Å²) in [6.07, 6.45) is 4.32. The zero-order valence-electron chi connectivity index (χ0n) is 11.5. The number of carboxylic acids is 1. The van der Waals surface area contributed by atoms with Crippen LogP contribution in [0.2, 0.25) is 0 Å². The van der Waals surface area contributed by atoms with Crippen molar-refractivity contribution in [1.29, 1.82) is 0 Å². The number of carboxylic acid groups (broad SMARTS) is 1. The molecule has 0 aliphatic heterocycles. The van der Waals surface area contributed by atoms with Crippen LogP contribution < -0.4 is 5.32 Å². The molecule has 0 spiro atoms. The number of benzene rings is 1. The van der Waals surface area contributed by atoms with Crippen molar-refractivity contribution in [3.05, 3.63) is 65.5 Å². The van der Waals surface area contributed by atoms with Gasteiger partial charge in [-0.25, -0.2) is 4.79 Å². The number of carbonyl (C=O) groups excluding carboxylic acids is 1. The van der Waals surface area contributed by atoms with Gasteiger partial charge in [-0.15, -0.1) is 0 Å². The summed E-state index contributed by atoms with van der Waals surface area (Å²) in [4.78, 5) is 26.4. The van der Waals surface area contributed by atoms with E-state index in [1.165, 1.54) is 0 Å². The number of nitrogens with one attached hydrogen (secondary N) is 1. The number of aromatic carboxylic acids is 1. The fourth-order valence-electron chi connectivity index (χ4n) is 1.91. The van der Waals surface area contributed by atoms with Crippen molar-refractivity contribution in [2.24, 2.45) is 0 Å². The van der Waals surface area contributed by atoms with Crippen molar-refractivity contribution in [3.8, 4) is 0 Å². The molecule has 0 saturated carbocycles. The molecule has 0 radical (unpaired) electrons. The van der Waals surface area contributed by atoms with Gasteiger partial charge in [-0.3, -0.25) is 9.78 Å². The molecule has 108 valence electrons. The van der Waals surface area contributed by atoms with Gasteiger partial charge in [-0.05, 0) is 41.8 Å². The van der Waals surface area contributed by atoms with Crippen LogP contribution in [-0.2, 0) is 17.6 Å². The second-order valence-corrected chi connectivity index (χ2v) is 4.63. The predicted octanol–water partition coefficient (Wildman–Crippen LogP) is 1.68. The Labute approximate surface area is 122 Å². The Bertz CT molecular complexity index is 609. The lowest BCUT2D eigenvalue weighted by Crippen LogP contribution is -2.27. The van der Waals surface area contributed by atoms with Crippen molar-refractivity contribution in [2.75, 3.05) is 6.54 Å². The van der Waals surface area contributed by atoms with Gasteiger partial charge in [0.05, 0.1) is 12.0 Å². The van der Waals surface area contributed by atoms with E-state index in [9.17, 15) is 9.59 Å². The number of rotatable bonds is 6. The molecule has 1 aromatic carbocycles. The third-order valence-corrected chi connectivity index (χ3v) is 3.05. The largest absolute Gasteiger partial charge is 0.478 e. The van der Waals surface area contributed by atoms with E-state index in [1.807, 2.05) is 12.1 Å². The van der Waals surface area contributed by atoms with Crippen molar-refractivity contribution in [2.45, 2.75) is 12.8 Å². The molecule has 0 aliphatic carbocycles. The Kier molecular flexibility index (Phi) is 5.04. The van der Waals surface area contributed by atoms with E-state index in [0.29, 0.717) is 19.4 Å². The molecule has 5 nitrogen and oxygen atoms in total. The first kappa shape index (κ1) is 14.7. The number of amides is 1. The van der Waals surface area contributed by atoms with Gasteiger partial charge in [0, 0.05) is 18.9 Å². The molecule has 0 unspecified atom stereocenters. The summed E-state index contributed by atoms with van der Waals surface area (Å²) in [5, 5.41) is 11.6. The summed E-state index contributed by atoms with van der Waals surface area (Å²) in [5.74, 6) is -0.976. The Morgan fingerprint density at radius 1 is 1.00 bits per heavy atom. The van der Waals surface area contributed by atoms with E-state index in [2.05, 4.69) is 10.3 Å². The molecule has 1 aromatic heterocycles. The van der Waals surface area contributed by atoms with Crippen molar-refractivity contribution in [3.63, 3.8) is 0 Å². The summed E-state index contributed by atoms with van der Waals surface area (Å²) in [6.45, 7) is 0.524. The number of hydrogen-bond donors (Lipinski definition) is 2. The highest BCUT2D eigenvalue weighted by molar-refractivity contribution is 5.87. The smallest absolute Gasteiger partial charge is 0.335 e. The molecule has 5 heteroatoms. The first-order valence-corrected chi connectivity index (χ1v) is 6.63. The van der Waals surface area contributed by atoms with Gasteiger partial charge < -0.3 is 10.4 Å². The number of hydrogen-bond acceptors (Lipinski definition) is 3.